The average Bonchev–Trinajstić information content (AvgIpc) is 2.49. The number of carbonyl (C=O) groups excluding carboxylic acids is 2. The van der Waals surface area contributed by atoms with Crippen molar-refractivity contribution in [2.75, 3.05) is 0 Å². The summed E-state index contributed by atoms with van der Waals surface area (Å²) < 4.78 is 0. The molecule has 1 saturated heterocycles. The highest BCUT2D eigenvalue weighted by molar-refractivity contribution is 5.91. The summed E-state index contributed by atoms with van der Waals surface area (Å²) in [5.41, 5.74) is 0. The summed E-state index contributed by atoms with van der Waals surface area (Å²) in [7, 11) is 0. The number of rotatable bonds is 4. The van der Waals surface area contributed by atoms with E-state index in [0.717, 1.165) is 0 Å². The van der Waals surface area contributed by atoms with E-state index < -0.39 is 18.1 Å². The number of amides is 2. The first kappa shape index (κ1) is 11.5. The topological polar surface area (TPSA) is 95.5 Å². The van der Waals surface area contributed by atoms with Gasteiger partial charge in [-0.3, -0.25) is 14.4 Å². The number of carbonyl (C=O) groups is 3. The zero-order valence-electron chi connectivity index (χ0n) is 8.45. The lowest BCUT2D eigenvalue weighted by Crippen LogP contribution is -2.45. The molecule has 0 aromatic carbocycles. The third-order valence-corrected chi connectivity index (χ3v) is 2.18. The van der Waals surface area contributed by atoms with Gasteiger partial charge in [-0.2, -0.15) is 0 Å². The van der Waals surface area contributed by atoms with Crippen LogP contribution < -0.4 is 10.6 Å². The molecule has 0 saturated carbocycles. The number of aliphatic carboxylic acids is 1. The Balaban J connectivity index is 2.35. The summed E-state index contributed by atoms with van der Waals surface area (Å²) in [4.78, 5) is 32.6. The Morgan fingerprint density at radius 1 is 1.67 bits per heavy atom. The van der Waals surface area contributed by atoms with Crippen molar-refractivity contribution in [3.05, 3.63) is 0 Å². The number of hydrogen-bond acceptors (Lipinski definition) is 3. The molecule has 2 amide bonds. The minimum atomic E-state index is -0.960. The molecule has 84 valence electrons. The van der Waals surface area contributed by atoms with Gasteiger partial charge < -0.3 is 15.7 Å². The maximum absolute atomic E-state index is 11.5. The van der Waals surface area contributed by atoms with E-state index >= 15 is 0 Å². The fourth-order valence-corrected chi connectivity index (χ4v) is 1.47. The van der Waals surface area contributed by atoms with Crippen LogP contribution >= 0.6 is 0 Å². The predicted molar refractivity (Wildman–Crippen MR) is 51.0 cm³/mol. The Hall–Kier alpha value is -1.59. The first-order chi connectivity index (χ1) is 6.99. The Bertz CT molecular complexity index is 290. The molecule has 3 N–H and O–H groups in total. The van der Waals surface area contributed by atoms with Crippen molar-refractivity contribution in [1.29, 1.82) is 0 Å². The summed E-state index contributed by atoms with van der Waals surface area (Å²) in [6.07, 6.45) is 0.711. The highest BCUT2D eigenvalue weighted by Crippen LogP contribution is 2.06. The van der Waals surface area contributed by atoms with Gasteiger partial charge in [-0.05, 0) is 13.3 Å². The second-order valence-corrected chi connectivity index (χ2v) is 3.67. The highest BCUT2D eigenvalue weighted by atomic mass is 16.4. The Morgan fingerprint density at radius 2 is 2.33 bits per heavy atom. The molecule has 2 atom stereocenters. The summed E-state index contributed by atoms with van der Waals surface area (Å²) in [5.74, 6) is -1.41. The molecule has 0 aliphatic carbocycles. The lowest BCUT2D eigenvalue weighted by molar-refractivity contribution is -0.137. The van der Waals surface area contributed by atoms with Gasteiger partial charge in [0, 0.05) is 12.5 Å². The van der Waals surface area contributed by atoms with Crippen LogP contribution in [0.25, 0.3) is 0 Å². The largest absolute Gasteiger partial charge is 0.481 e. The molecule has 1 rings (SSSR count). The standard InChI is InChI=1S/C9H14N2O4/c1-5(4-8(13)14)10-9(15)6-2-3-7(12)11-6/h5-6H,2-4H2,1H3,(H,10,15)(H,11,12)(H,13,14)/t5?,6-/m0/s1. The van der Waals surface area contributed by atoms with Crippen molar-refractivity contribution in [2.45, 2.75) is 38.3 Å². The fraction of sp³-hybridized carbons (Fsp3) is 0.667. The maximum Gasteiger partial charge on any atom is 0.305 e. The van der Waals surface area contributed by atoms with Crippen LogP contribution in [-0.2, 0) is 14.4 Å². The van der Waals surface area contributed by atoms with Crippen molar-refractivity contribution in [2.24, 2.45) is 0 Å². The van der Waals surface area contributed by atoms with E-state index in [1.807, 2.05) is 0 Å². The SMILES string of the molecule is CC(CC(=O)O)NC(=O)[C@@H]1CCC(=O)N1. The molecule has 1 aliphatic rings. The van der Waals surface area contributed by atoms with E-state index in [1.165, 1.54) is 0 Å². The second-order valence-electron chi connectivity index (χ2n) is 3.67. The summed E-state index contributed by atoms with van der Waals surface area (Å²) in [5, 5.41) is 13.5. The van der Waals surface area contributed by atoms with E-state index in [1.54, 1.807) is 6.92 Å². The first-order valence-corrected chi connectivity index (χ1v) is 4.80. The first-order valence-electron chi connectivity index (χ1n) is 4.80. The molecule has 1 heterocycles. The highest BCUT2D eigenvalue weighted by Gasteiger charge is 2.27. The van der Waals surface area contributed by atoms with E-state index in [0.29, 0.717) is 12.8 Å². The molecule has 0 bridgehead atoms. The average molecular weight is 214 g/mol. The smallest absolute Gasteiger partial charge is 0.305 e. The normalized spacial score (nSPS) is 21.9. The number of carboxylic acid groups (broad SMARTS) is 1. The molecular formula is C9H14N2O4. The zero-order chi connectivity index (χ0) is 11.4. The summed E-state index contributed by atoms with van der Waals surface area (Å²) in [6, 6.07) is -0.929. The minimum Gasteiger partial charge on any atom is -0.481 e. The van der Waals surface area contributed by atoms with Crippen LogP contribution in [0.1, 0.15) is 26.2 Å². The summed E-state index contributed by atoms with van der Waals surface area (Å²) in [6.45, 7) is 1.61. The van der Waals surface area contributed by atoms with Crippen LogP contribution in [0.3, 0.4) is 0 Å². The van der Waals surface area contributed by atoms with Gasteiger partial charge in [0.05, 0.1) is 6.42 Å². The third kappa shape index (κ3) is 3.57. The van der Waals surface area contributed by atoms with Gasteiger partial charge >= 0.3 is 5.97 Å². The molecule has 1 fully saturated rings. The molecule has 0 aromatic rings. The molecule has 15 heavy (non-hydrogen) atoms. The van der Waals surface area contributed by atoms with Gasteiger partial charge in [0.15, 0.2) is 0 Å². The van der Waals surface area contributed by atoms with Crippen molar-refractivity contribution >= 4 is 17.8 Å². The Kier molecular flexibility index (Phi) is 3.65. The Labute approximate surface area is 87.0 Å². The van der Waals surface area contributed by atoms with E-state index in [9.17, 15) is 14.4 Å². The van der Waals surface area contributed by atoms with Gasteiger partial charge in [-0.25, -0.2) is 0 Å². The van der Waals surface area contributed by atoms with E-state index in [2.05, 4.69) is 10.6 Å². The molecule has 6 nitrogen and oxygen atoms in total. The second kappa shape index (κ2) is 4.77. The molecular weight excluding hydrogens is 200 g/mol. The fourth-order valence-electron chi connectivity index (χ4n) is 1.47. The minimum absolute atomic E-state index is 0.119. The van der Waals surface area contributed by atoms with Crippen molar-refractivity contribution in [3.63, 3.8) is 0 Å². The van der Waals surface area contributed by atoms with Crippen LogP contribution in [-0.4, -0.2) is 35.0 Å². The summed E-state index contributed by atoms with van der Waals surface area (Å²) >= 11 is 0. The van der Waals surface area contributed by atoms with Gasteiger partial charge in [-0.1, -0.05) is 0 Å². The molecule has 1 unspecified atom stereocenters. The van der Waals surface area contributed by atoms with Crippen LogP contribution in [0.2, 0.25) is 0 Å². The number of carboxylic acids is 1. The van der Waals surface area contributed by atoms with Crippen LogP contribution in [0.15, 0.2) is 0 Å². The van der Waals surface area contributed by atoms with Gasteiger partial charge in [-0.15, -0.1) is 0 Å². The lowest BCUT2D eigenvalue weighted by atomic mass is 10.2. The van der Waals surface area contributed by atoms with Crippen LogP contribution in [0, 0.1) is 0 Å². The molecule has 6 heteroatoms. The molecule has 1 aliphatic heterocycles. The number of nitrogens with one attached hydrogen (secondary N) is 2. The monoisotopic (exact) mass is 214 g/mol. The quantitative estimate of drug-likeness (QED) is 0.573. The van der Waals surface area contributed by atoms with E-state index in [-0.39, 0.29) is 18.2 Å². The van der Waals surface area contributed by atoms with Gasteiger partial charge in [0.2, 0.25) is 11.8 Å². The van der Waals surface area contributed by atoms with Crippen molar-refractivity contribution in [3.8, 4) is 0 Å². The zero-order valence-corrected chi connectivity index (χ0v) is 8.45. The number of hydrogen-bond donors (Lipinski definition) is 3. The van der Waals surface area contributed by atoms with Crippen molar-refractivity contribution < 1.29 is 19.5 Å². The van der Waals surface area contributed by atoms with Crippen molar-refractivity contribution in [1.82, 2.24) is 10.6 Å². The molecule has 0 radical (unpaired) electrons. The lowest BCUT2D eigenvalue weighted by Gasteiger charge is -2.15. The van der Waals surface area contributed by atoms with Gasteiger partial charge in [0.25, 0.3) is 0 Å². The molecule has 0 spiro atoms. The van der Waals surface area contributed by atoms with E-state index in [4.69, 9.17) is 5.11 Å². The Morgan fingerprint density at radius 3 is 2.80 bits per heavy atom. The van der Waals surface area contributed by atoms with Crippen LogP contribution in [0.4, 0.5) is 0 Å². The predicted octanol–water partition coefficient (Wildman–Crippen LogP) is -0.756. The molecule has 0 aromatic heterocycles. The maximum atomic E-state index is 11.5. The van der Waals surface area contributed by atoms with Crippen LogP contribution in [0.5, 0.6) is 0 Å². The van der Waals surface area contributed by atoms with Gasteiger partial charge in [0.1, 0.15) is 6.04 Å². The third-order valence-electron chi connectivity index (χ3n) is 2.18.